The number of hydrogen-bond acceptors (Lipinski definition) is 3. The summed E-state index contributed by atoms with van der Waals surface area (Å²) in [6.07, 6.45) is 16.3. The van der Waals surface area contributed by atoms with Gasteiger partial charge in [0.25, 0.3) is 0 Å². The normalized spacial score (nSPS) is 18.1. The van der Waals surface area contributed by atoms with Crippen LogP contribution in [-0.2, 0) is 0 Å². The molecule has 2 aromatic rings. The Balaban J connectivity index is 1.25. The lowest BCUT2D eigenvalue weighted by Gasteiger charge is -2.29. The third kappa shape index (κ3) is 9.23. The van der Waals surface area contributed by atoms with Gasteiger partial charge in [0.1, 0.15) is 17.8 Å². The molecule has 1 fully saturated rings. The highest BCUT2D eigenvalue weighted by atomic mass is 16.5. The SMILES string of the molecule is CCCCCC1CCCC(c2ccc(OCCCCCCOc3ccc(C=O)cc3)cc2)C1. The molecule has 2 unspecified atom stereocenters. The smallest absolute Gasteiger partial charge is 0.150 e. The van der Waals surface area contributed by atoms with Gasteiger partial charge in [-0.05, 0) is 92.3 Å². The molecule has 0 spiro atoms. The van der Waals surface area contributed by atoms with Crippen LogP contribution in [0.1, 0.15) is 106 Å². The van der Waals surface area contributed by atoms with E-state index < -0.39 is 0 Å². The van der Waals surface area contributed by atoms with Gasteiger partial charge in [-0.25, -0.2) is 0 Å². The molecule has 1 aliphatic rings. The number of hydrogen-bond donors (Lipinski definition) is 0. The van der Waals surface area contributed by atoms with E-state index >= 15 is 0 Å². The second-order valence-corrected chi connectivity index (χ2v) is 9.59. The van der Waals surface area contributed by atoms with Crippen molar-refractivity contribution in [1.82, 2.24) is 0 Å². The number of ether oxygens (including phenoxy) is 2. The van der Waals surface area contributed by atoms with E-state index in [0.29, 0.717) is 12.2 Å². The first-order chi connectivity index (χ1) is 16.3. The lowest BCUT2D eigenvalue weighted by molar-refractivity contribution is 0.112. The van der Waals surface area contributed by atoms with Crippen molar-refractivity contribution in [1.29, 1.82) is 0 Å². The minimum absolute atomic E-state index is 0.678. The molecule has 0 aliphatic heterocycles. The average molecular weight is 451 g/mol. The zero-order valence-corrected chi connectivity index (χ0v) is 20.5. The van der Waals surface area contributed by atoms with Crippen molar-refractivity contribution < 1.29 is 14.3 Å². The summed E-state index contributed by atoms with van der Waals surface area (Å²) in [7, 11) is 0. The average Bonchev–Trinajstić information content (AvgIpc) is 2.87. The van der Waals surface area contributed by atoms with Crippen molar-refractivity contribution in [2.75, 3.05) is 13.2 Å². The van der Waals surface area contributed by atoms with Gasteiger partial charge >= 0.3 is 0 Å². The molecule has 0 aromatic heterocycles. The van der Waals surface area contributed by atoms with E-state index in [9.17, 15) is 4.79 Å². The Morgan fingerprint density at radius 2 is 1.42 bits per heavy atom. The summed E-state index contributed by atoms with van der Waals surface area (Å²) in [6.45, 7) is 3.78. The lowest BCUT2D eigenvalue weighted by atomic mass is 9.76. The summed E-state index contributed by atoms with van der Waals surface area (Å²) in [4.78, 5) is 10.7. The van der Waals surface area contributed by atoms with Crippen LogP contribution < -0.4 is 9.47 Å². The Hall–Kier alpha value is -2.29. The molecular formula is C30H42O3. The monoisotopic (exact) mass is 450 g/mol. The molecule has 180 valence electrons. The quantitative estimate of drug-likeness (QED) is 0.202. The number of unbranched alkanes of at least 4 members (excludes halogenated alkanes) is 5. The zero-order chi connectivity index (χ0) is 23.1. The fraction of sp³-hybridized carbons (Fsp3) is 0.567. The van der Waals surface area contributed by atoms with Gasteiger partial charge in [0.15, 0.2) is 0 Å². The standard InChI is InChI=1S/C30H42O3/c1-2-3-6-10-25-11-9-12-28(23-25)27-15-19-30(20-16-27)33-22-8-5-4-7-21-32-29-17-13-26(24-31)14-18-29/h13-20,24-25,28H,2-12,21-23H2,1H3. The molecule has 1 saturated carbocycles. The van der Waals surface area contributed by atoms with E-state index in [2.05, 4.69) is 31.2 Å². The first kappa shape index (κ1) is 25.3. The van der Waals surface area contributed by atoms with E-state index in [4.69, 9.17) is 9.47 Å². The maximum Gasteiger partial charge on any atom is 0.150 e. The van der Waals surface area contributed by atoms with Crippen molar-refractivity contribution in [2.24, 2.45) is 5.92 Å². The molecule has 3 nitrogen and oxygen atoms in total. The Kier molecular flexibility index (Phi) is 11.3. The van der Waals surface area contributed by atoms with Crippen LogP contribution in [-0.4, -0.2) is 19.5 Å². The number of aldehydes is 1. The van der Waals surface area contributed by atoms with Crippen LogP contribution in [0.2, 0.25) is 0 Å². The highest BCUT2D eigenvalue weighted by Gasteiger charge is 2.22. The Bertz CT molecular complexity index is 781. The summed E-state index contributed by atoms with van der Waals surface area (Å²) in [6, 6.07) is 16.2. The molecule has 2 atom stereocenters. The van der Waals surface area contributed by atoms with Crippen molar-refractivity contribution in [3.05, 3.63) is 59.7 Å². The second kappa shape index (κ2) is 14.8. The zero-order valence-electron chi connectivity index (χ0n) is 20.5. The minimum atomic E-state index is 0.678. The summed E-state index contributed by atoms with van der Waals surface area (Å²) in [5.41, 5.74) is 2.18. The highest BCUT2D eigenvalue weighted by Crippen LogP contribution is 2.38. The van der Waals surface area contributed by atoms with Gasteiger partial charge in [-0.15, -0.1) is 0 Å². The topological polar surface area (TPSA) is 35.5 Å². The Labute approximate surface area is 200 Å². The maximum absolute atomic E-state index is 10.7. The molecule has 0 radical (unpaired) electrons. The van der Waals surface area contributed by atoms with Crippen LogP contribution >= 0.6 is 0 Å². The predicted molar refractivity (Wildman–Crippen MR) is 137 cm³/mol. The number of rotatable bonds is 15. The van der Waals surface area contributed by atoms with Crippen LogP contribution in [0, 0.1) is 5.92 Å². The number of carbonyl (C=O) groups is 1. The summed E-state index contributed by atoms with van der Waals surface area (Å²) in [5.74, 6) is 3.49. The van der Waals surface area contributed by atoms with Gasteiger partial charge in [0, 0.05) is 5.56 Å². The molecule has 0 bridgehead atoms. The van der Waals surface area contributed by atoms with E-state index in [1.165, 1.54) is 56.9 Å². The van der Waals surface area contributed by atoms with Gasteiger partial charge < -0.3 is 9.47 Å². The van der Waals surface area contributed by atoms with Crippen LogP contribution in [0.25, 0.3) is 0 Å². The highest BCUT2D eigenvalue weighted by molar-refractivity contribution is 5.74. The molecule has 0 N–H and O–H groups in total. The molecule has 0 amide bonds. The summed E-state index contributed by atoms with van der Waals surface area (Å²) >= 11 is 0. The molecule has 0 saturated heterocycles. The van der Waals surface area contributed by atoms with Crippen LogP contribution in [0.3, 0.4) is 0 Å². The van der Waals surface area contributed by atoms with Gasteiger partial charge in [-0.3, -0.25) is 4.79 Å². The first-order valence-electron chi connectivity index (χ1n) is 13.2. The van der Waals surface area contributed by atoms with Crippen molar-refractivity contribution in [2.45, 2.75) is 89.9 Å². The van der Waals surface area contributed by atoms with Gasteiger partial charge in [0.2, 0.25) is 0 Å². The van der Waals surface area contributed by atoms with E-state index in [1.54, 1.807) is 12.1 Å². The first-order valence-corrected chi connectivity index (χ1v) is 13.2. The van der Waals surface area contributed by atoms with Crippen LogP contribution in [0.5, 0.6) is 11.5 Å². The number of carbonyl (C=O) groups excluding carboxylic acids is 1. The fourth-order valence-electron chi connectivity index (χ4n) is 4.96. The third-order valence-electron chi connectivity index (χ3n) is 6.94. The van der Waals surface area contributed by atoms with Crippen LogP contribution in [0.15, 0.2) is 48.5 Å². The van der Waals surface area contributed by atoms with Gasteiger partial charge in [-0.2, -0.15) is 0 Å². The largest absolute Gasteiger partial charge is 0.494 e. The van der Waals surface area contributed by atoms with Crippen molar-refractivity contribution in [3.8, 4) is 11.5 Å². The van der Waals surface area contributed by atoms with Gasteiger partial charge in [-0.1, -0.05) is 57.6 Å². The maximum atomic E-state index is 10.7. The molecule has 0 heterocycles. The predicted octanol–water partition coefficient (Wildman–Crippen LogP) is 8.37. The summed E-state index contributed by atoms with van der Waals surface area (Å²) in [5, 5.41) is 0. The Morgan fingerprint density at radius 1 is 0.788 bits per heavy atom. The van der Waals surface area contributed by atoms with Crippen LogP contribution in [0.4, 0.5) is 0 Å². The molecule has 3 heteroatoms. The molecule has 33 heavy (non-hydrogen) atoms. The van der Waals surface area contributed by atoms with E-state index in [1.807, 2.05) is 12.1 Å². The summed E-state index contributed by atoms with van der Waals surface area (Å²) < 4.78 is 11.7. The minimum Gasteiger partial charge on any atom is -0.494 e. The second-order valence-electron chi connectivity index (χ2n) is 9.59. The van der Waals surface area contributed by atoms with E-state index in [-0.39, 0.29) is 0 Å². The van der Waals surface area contributed by atoms with Gasteiger partial charge in [0.05, 0.1) is 13.2 Å². The fourth-order valence-corrected chi connectivity index (χ4v) is 4.96. The van der Waals surface area contributed by atoms with Crippen molar-refractivity contribution in [3.63, 3.8) is 0 Å². The molecule has 2 aromatic carbocycles. The number of benzene rings is 2. The Morgan fingerprint density at radius 3 is 2.03 bits per heavy atom. The third-order valence-corrected chi connectivity index (χ3v) is 6.94. The molecular weight excluding hydrogens is 408 g/mol. The molecule has 3 rings (SSSR count). The lowest BCUT2D eigenvalue weighted by Crippen LogP contribution is -2.14. The van der Waals surface area contributed by atoms with E-state index in [0.717, 1.165) is 61.9 Å². The van der Waals surface area contributed by atoms with Crippen molar-refractivity contribution >= 4 is 6.29 Å². The molecule has 1 aliphatic carbocycles.